The van der Waals surface area contributed by atoms with Crippen LogP contribution in [-0.4, -0.2) is 26.8 Å². The van der Waals surface area contributed by atoms with Gasteiger partial charge in [0, 0.05) is 29.4 Å². The average molecular weight is 437 g/mol. The summed E-state index contributed by atoms with van der Waals surface area (Å²) in [7, 11) is 0. The van der Waals surface area contributed by atoms with Crippen LogP contribution in [0.3, 0.4) is 0 Å². The molecule has 1 amide bonds. The van der Waals surface area contributed by atoms with Crippen LogP contribution in [0.5, 0.6) is 0 Å². The standard InChI is InChI=1S/C20H25BrN2O4/c21-20-8-13-5-14(9-20)7-19(6-13,12-20)10-18(25)22-11-17(24)15-1-3-16(4-2-15)23(26)27/h1-4,13-14,17,24H,5-12H2,(H,22,25)/t13-,14-,17+,19?,20?/m1/s1. The van der Waals surface area contributed by atoms with E-state index in [9.17, 15) is 20.0 Å². The number of non-ortho nitro benzene ring substituents is 1. The van der Waals surface area contributed by atoms with Crippen LogP contribution in [0.15, 0.2) is 24.3 Å². The van der Waals surface area contributed by atoms with Crippen LogP contribution >= 0.6 is 15.9 Å². The smallest absolute Gasteiger partial charge is 0.269 e. The molecule has 2 N–H and O–H groups in total. The average Bonchev–Trinajstić information content (AvgIpc) is 2.57. The van der Waals surface area contributed by atoms with Crippen LogP contribution in [0.1, 0.15) is 56.6 Å². The van der Waals surface area contributed by atoms with Crippen molar-refractivity contribution >= 4 is 27.5 Å². The molecule has 3 atom stereocenters. The maximum absolute atomic E-state index is 12.6. The molecule has 0 aromatic heterocycles. The molecule has 4 aliphatic rings. The largest absolute Gasteiger partial charge is 0.387 e. The Morgan fingerprint density at radius 2 is 1.89 bits per heavy atom. The maximum atomic E-state index is 12.6. The van der Waals surface area contributed by atoms with Crippen molar-refractivity contribution in [1.82, 2.24) is 5.32 Å². The molecule has 5 rings (SSSR count). The number of halogens is 1. The molecule has 7 heteroatoms. The number of carbonyl (C=O) groups excluding carboxylic acids is 1. The highest BCUT2D eigenvalue weighted by Crippen LogP contribution is 2.65. The number of hydrogen-bond acceptors (Lipinski definition) is 4. The Morgan fingerprint density at radius 1 is 1.26 bits per heavy atom. The van der Waals surface area contributed by atoms with E-state index in [1.54, 1.807) is 0 Å². The first-order valence-corrected chi connectivity index (χ1v) is 10.4. The highest BCUT2D eigenvalue weighted by Gasteiger charge is 2.57. The molecule has 1 aromatic rings. The third kappa shape index (κ3) is 3.90. The predicted octanol–water partition coefficient (Wildman–Crippen LogP) is 3.87. The molecule has 4 saturated carbocycles. The fraction of sp³-hybridized carbons (Fsp3) is 0.650. The molecule has 146 valence electrons. The lowest BCUT2D eigenvalue weighted by molar-refractivity contribution is -0.384. The molecule has 0 aliphatic heterocycles. The van der Waals surface area contributed by atoms with Crippen molar-refractivity contribution in [3.63, 3.8) is 0 Å². The summed E-state index contributed by atoms with van der Waals surface area (Å²) in [6.45, 7) is 0.124. The first kappa shape index (κ1) is 18.9. The van der Waals surface area contributed by atoms with Crippen molar-refractivity contribution in [3.05, 3.63) is 39.9 Å². The lowest BCUT2D eigenvalue weighted by atomic mass is 9.48. The lowest BCUT2D eigenvalue weighted by Gasteiger charge is -2.60. The van der Waals surface area contributed by atoms with Crippen LogP contribution in [0.2, 0.25) is 0 Å². The maximum Gasteiger partial charge on any atom is 0.269 e. The Morgan fingerprint density at radius 3 is 2.44 bits per heavy atom. The number of nitrogens with one attached hydrogen (secondary N) is 1. The molecule has 0 radical (unpaired) electrons. The molecule has 4 aliphatic carbocycles. The third-order valence-electron chi connectivity index (χ3n) is 6.63. The van der Waals surface area contributed by atoms with Crippen LogP contribution in [-0.2, 0) is 4.79 Å². The molecule has 4 bridgehead atoms. The number of benzene rings is 1. The number of nitrogens with zero attached hydrogens (tertiary/aromatic N) is 1. The van der Waals surface area contributed by atoms with Gasteiger partial charge in [-0.05, 0) is 73.5 Å². The van der Waals surface area contributed by atoms with E-state index in [0.29, 0.717) is 12.0 Å². The normalized spacial score (nSPS) is 35.0. The minimum absolute atomic E-state index is 0.00554. The number of carbonyl (C=O) groups is 1. The number of aliphatic hydroxyl groups excluding tert-OH is 1. The number of aliphatic hydroxyl groups is 1. The van der Waals surface area contributed by atoms with Crippen molar-refractivity contribution in [2.24, 2.45) is 17.3 Å². The Hall–Kier alpha value is -1.47. The minimum Gasteiger partial charge on any atom is -0.387 e. The van der Waals surface area contributed by atoms with Gasteiger partial charge in [-0.1, -0.05) is 15.9 Å². The quantitative estimate of drug-likeness (QED) is 0.402. The van der Waals surface area contributed by atoms with Crippen molar-refractivity contribution in [2.75, 3.05) is 6.54 Å². The topological polar surface area (TPSA) is 92.5 Å². The van der Waals surface area contributed by atoms with Gasteiger partial charge in [-0.25, -0.2) is 0 Å². The van der Waals surface area contributed by atoms with Gasteiger partial charge in [0.2, 0.25) is 5.91 Å². The highest BCUT2D eigenvalue weighted by atomic mass is 79.9. The van der Waals surface area contributed by atoms with Crippen LogP contribution in [0, 0.1) is 27.4 Å². The Kier molecular flexibility index (Phi) is 4.79. The molecule has 0 spiro atoms. The van der Waals surface area contributed by atoms with E-state index in [1.807, 2.05) is 0 Å². The van der Waals surface area contributed by atoms with Crippen molar-refractivity contribution < 1.29 is 14.8 Å². The van der Waals surface area contributed by atoms with E-state index in [0.717, 1.165) is 31.1 Å². The van der Waals surface area contributed by atoms with E-state index < -0.39 is 11.0 Å². The van der Waals surface area contributed by atoms with Crippen LogP contribution < -0.4 is 5.32 Å². The minimum atomic E-state index is -0.867. The molecule has 4 fully saturated rings. The molecular weight excluding hydrogens is 412 g/mol. The first-order valence-electron chi connectivity index (χ1n) is 9.64. The van der Waals surface area contributed by atoms with Crippen molar-refractivity contribution in [2.45, 2.75) is 55.4 Å². The Balaban J connectivity index is 1.33. The summed E-state index contributed by atoms with van der Waals surface area (Å²) in [6, 6.07) is 5.79. The van der Waals surface area contributed by atoms with E-state index in [1.165, 1.54) is 43.5 Å². The van der Waals surface area contributed by atoms with Gasteiger partial charge in [-0.3, -0.25) is 14.9 Å². The van der Waals surface area contributed by atoms with Gasteiger partial charge < -0.3 is 10.4 Å². The monoisotopic (exact) mass is 436 g/mol. The summed E-state index contributed by atoms with van der Waals surface area (Å²) in [5, 5.41) is 23.8. The molecule has 0 unspecified atom stereocenters. The van der Waals surface area contributed by atoms with E-state index >= 15 is 0 Å². The second-order valence-corrected chi connectivity index (χ2v) is 10.6. The van der Waals surface area contributed by atoms with Gasteiger partial charge in [0.15, 0.2) is 0 Å². The van der Waals surface area contributed by atoms with Crippen LogP contribution in [0.4, 0.5) is 5.69 Å². The number of hydrogen-bond donors (Lipinski definition) is 2. The highest BCUT2D eigenvalue weighted by molar-refractivity contribution is 9.10. The van der Waals surface area contributed by atoms with Crippen LogP contribution in [0.25, 0.3) is 0 Å². The van der Waals surface area contributed by atoms with Gasteiger partial charge in [-0.2, -0.15) is 0 Å². The number of nitro benzene ring substituents is 1. The second-order valence-electron chi connectivity index (χ2n) is 8.96. The molecule has 0 heterocycles. The van der Waals surface area contributed by atoms with Gasteiger partial charge >= 0.3 is 0 Å². The zero-order chi connectivity index (χ0) is 19.2. The summed E-state index contributed by atoms with van der Waals surface area (Å²) < 4.78 is 0.232. The molecule has 0 saturated heterocycles. The fourth-order valence-electron chi connectivity index (χ4n) is 6.09. The molecule has 1 aromatic carbocycles. The molecular formula is C20H25BrN2O4. The SMILES string of the molecule is O=C(CC12C[C@H]3C[C@@H](CC(Br)(C3)C1)C2)NC[C@H](O)c1ccc([N+](=O)[O-])cc1. The summed E-state index contributed by atoms with van der Waals surface area (Å²) in [6.07, 6.45) is 6.83. The van der Waals surface area contributed by atoms with E-state index in [2.05, 4.69) is 21.2 Å². The van der Waals surface area contributed by atoms with Crippen molar-refractivity contribution in [1.29, 1.82) is 0 Å². The zero-order valence-electron chi connectivity index (χ0n) is 15.2. The third-order valence-corrected chi connectivity index (χ3v) is 7.56. The fourth-order valence-corrected chi connectivity index (χ4v) is 7.60. The summed E-state index contributed by atoms with van der Waals surface area (Å²) in [5.41, 5.74) is 0.659. The number of alkyl halides is 1. The summed E-state index contributed by atoms with van der Waals surface area (Å²) in [5.74, 6) is 1.47. The van der Waals surface area contributed by atoms with Gasteiger partial charge in [0.05, 0.1) is 11.0 Å². The molecule has 6 nitrogen and oxygen atoms in total. The predicted molar refractivity (Wildman–Crippen MR) is 104 cm³/mol. The Labute approximate surface area is 167 Å². The number of amides is 1. The first-order chi connectivity index (χ1) is 12.8. The lowest BCUT2D eigenvalue weighted by Crippen LogP contribution is -2.54. The molecule has 27 heavy (non-hydrogen) atoms. The van der Waals surface area contributed by atoms with Crippen molar-refractivity contribution in [3.8, 4) is 0 Å². The van der Waals surface area contributed by atoms with E-state index in [4.69, 9.17) is 0 Å². The zero-order valence-corrected chi connectivity index (χ0v) is 16.8. The van der Waals surface area contributed by atoms with E-state index in [-0.39, 0.29) is 27.9 Å². The number of rotatable bonds is 6. The van der Waals surface area contributed by atoms with Gasteiger partial charge in [0.25, 0.3) is 5.69 Å². The second kappa shape index (κ2) is 6.85. The summed E-state index contributed by atoms with van der Waals surface area (Å²) in [4.78, 5) is 22.8. The van der Waals surface area contributed by atoms with Gasteiger partial charge in [0.1, 0.15) is 0 Å². The number of nitro groups is 1. The van der Waals surface area contributed by atoms with Gasteiger partial charge in [-0.15, -0.1) is 0 Å². The Bertz CT molecular complexity index is 737. The summed E-state index contributed by atoms with van der Waals surface area (Å²) >= 11 is 3.97.